The molecular formula is C25H23N3O4S. The smallest absolute Gasteiger partial charge is 0.269 e. The molecule has 1 heterocycles. The van der Waals surface area contributed by atoms with E-state index in [9.17, 15) is 19.7 Å². The molecule has 0 N–H and O–H groups in total. The van der Waals surface area contributed by atoms with Crippen molar-refractivity contribution in [2.24, 2.45) is 7.05 Å². The molecule has 0 radical (unpaired) electrons. The molecule has 0 aliphatic heterocycles. The van der Waals surface area contributed by atoms with Gasteiger partial charge in [-0.1, -0.05) is 48.9 Å². The molecule has 1 spiro atoms. The Labute approximate surface area is 195 Å². The van der Waals surface area contributed by atoms with Crippen molar-refractivity contribution >= 4 is 23.2 Å². The molecule has 5 rings (SSSR count). The zero-order valence-electron chi connectivity index (χ0n) is 18.2. The molecule has 8 heteroatoms. The Hall–Kier alpha value is -3.26. The predicted octanol–water partition coefficient (Wildman–Crippen LogP) is 4.70. The van der Waals surface area contributed by atoms with Gasteiger partial charge in [-0.25, -0.2) is 4.98 Å². The number of nitrogens with zero attached hydrogens (tertiary/aromatic N) is 3. The maximum Gasteiger partial charge on any atom is 0.269 e. The van der Waals surface area contributed by atoms with Crippen molar-refractivity contribution < 1.29 is 9.72 Å². The highest BCUT2D eigenvalue weighted by Gasteiger charge is 2.44. The van der Waals surface area contributed by atoms with Gasteiger partial charge in [-0.2, -0.15) is 0 Å². The van der Waals surface area contributed by atoms with Crippen LogP contribution in [0.4, 0.5) is 5.69 Å². The molecule has 0 bridgehead atoms. The zero-order valence-corrected chi connectivity index (χ0v) is 19.1. The first-order chi connectivity index (χ1) is 15.9. The lowest BCUT2D eigenvalue weighted by Gasteiger charge is -2.36. The van der Waals surface area contributed by atoms with Crippen molar-refractivity contribution in [3.05, 3.63) is 85.7 Å². The number of hydrogen-bond donors (Lipinski definition) is 0. The van der Waals surface area contributed by atoms with Gasteiger partial charge in [0.2, 0.25) is 0 Å². The van der Waals surface area contributed by atoms with E-state index in [0.29, 0.717) is 10.7 Å². The van der Waals surface area contributed by atoms with Gasteiger partial charge in [-0.05, 0) is 37.0 Å². The van der Waals surface area contributed by atoms with Gasteiger partial charge < -0.3 is 0 Å². The van der Waals surface area contributed by atoms with E-state index >= 15 is 0 Å². The number of thioether (sulfide) groups is 1. The largest absolute Gasteiger partial charge is 0.293 e. The fourth-order valence-corrected chi connectivity index (χ4v) is 6.06. The van der Waals surface area contributed by atoms with Crippen molar-refractivity contribution in [2.75, 3.05) is 5.75 Å². The van der Waals surface area contributed by atoms with Gasteiger partial charge in [0.1, 0.15) is 0 Å². The monoisotopic (exact) mass is 461 g/mol. The molecule has 168 valence electrons. The lowest BCUT2D eigenvalue weighted by Crippen LogP contribution is -2.39. The van der Waals surface area contributed by atoms with Crippen molar-refractivity contribution in [3.8, 4) is 11.3 Å². The molecular weight excluding hydrogens is 438 g/mol. The molecule has 2 aliphatic rings. The van der Waals surface area contributed by atoms with Gasteiger partial charge in [-0.3, -0.25) is 24.3 Å². The highest BCUT2D eigenvalue weighted by molar-refractivity contribution is 7.99. The first-order valence-electron chi connectivity index (χ1n) is 11.0. The number of nitro benzene ring substituents is 1. The lowest BCUT2D eigenvalue weighted by molar-refractivity contribution is -0.384. The standard InChI is InChI=1S/C25H23N3O4S/c1-27-23(30)21-22(19-7-3-2-6-17(19)14-25(21)12-4-5-13-25)26-24(27)33-15-20(29)16-8-10-18(11-9-16)28(31)32/h2-3,6-11H,4-5,12-15H2,1H3. The number of non-ortho nitro benzene ring substituents is 1. The van der Waals surface area contributed by atoms with Gasteiger partial charge in [0.05, 0.1) is 21.9 Å². The van der Waals surface area contributed by atoms with Gasteiger partial charge in [-0.15, -0.1) is 0 Å². The molecule has 1 saturated carbocycles. The Balaban J connectivity index is 1.49. The van der Waals surface area contributed by atoms with Crippen LogP contribution < -0.4 is 5.56 Å². The number of ketones is 1. The molecule has 1 aromatic heterocycles. The van der Waals surface area contributed by atoms with Crippen LogP contribution in [0.25, 0.3) is 11.3 Å². The van der Waals surface area contributed by atoms with Crippen molar-refractivity contribution in [1.82, 2.24) is 9.55 Å². The fraction of sp³-hybridized carbons (Fsp3) is 0.320. The highest BCUT2D eigenvalue weighted by atomic mass is 32.2. The zero-order chi connectivity index (χ0) is 23.2. The predicted molar refractivity (Wildman–Crippen MR) is 127 cm³/mol. The third-order valence-corrected chi connectivity index (χ3v) is 7.90. The molecule has 2 aliphatic carbocycles. The number of rotatable bonds is 5. The van der Waals surface area contributed by atoms with E-state index < -0.39 is 4.92 Å². The summed E-state index contributed by atoms with van der Waals surface area (Å²) in [6, 6.07) is 13.7. The second-order valence-electron chi connectivity index (χ2n) is 8.82. The molecule has 33 heavy (non-hydrogen) atoms. The second kappa shape index (κ2) is 8.26. The summed E-state index contributed by atoms with van der Waals surface area (Å²) in [4.78, 5) is 41.5. The van der Waals surface area contributed by atoms with Crippen molar-refractivity contribution in [3.63, 3.8) is 0 Å². The van der Waals surface area contributed by atoms with E-state index in [1.165, 1.54) is 41.6 Å². The topological polar surface area (TPSA) is 95.1 Å². The minimum absolute atomic E-state index is 0.0262. The molecule has 0 saturated heterocycles. The molecule has 0 unspecified atom stereocenters. The van der Waals surface area contributed by atoms with Gasteiger partial charge in [0.15, 0.2) is 10.9 Å². The average Bonchev–Trinajstić information content (AvgIpc) is 3.28. The first-order valence-corrected chi connectivity index (χ1v) is 12.0. The fourth-order valence-electron chi connectivity index (χ4n) is 5.20. The van der Waals surface area contributed by atoms with Crippen LogP contribution in [0.1, 0.15) is 47.2 Å². The number of carbonyl (C=O) groups is 1. The van der Waals surface area contributed by atoms with Crippen LogP contribution in [0, 0.1) is 10.1 Å². The summed E-state index contributed by atoms with van der Waals surface area (Å²) in [7, 11) is 1.72. The third kappa shape index (κ3) is 3.68. The number of carbonyl (C=O) groups excluding carboxylic acids is 1. The second-order valence-corrected chi connectivity index (χ2v) is 9.76. The van der Waals surface area contributed by atoms with Gasteiger partial charge in [0, 0.05) is 35.7 Å². The number of fused-ring (bicyclic) bond motifs is 4. The number of Topliss-reactive ketones (excluding diaryl/α,β-unsaturated/α-hetero) is 1. The summed E-state index contributed by atoms with van der Waals surface area (Å²) >= 11 is 1.22. The van der Waals surface area contributed by atoms with Crippen LogP contribution in [0.15, 0.2) is 58.5 Å². The van der Waals surface area contributed by atoms with E-state index in [4.69, 9.17) is 4.98 Å². The summed E-state index contributed by atoms with van der Waals surface area (Å²) in [6.07, 6.45) is 5.10. The molecule has 0 amide bonds. The number of hydrogen-bond acceptors (Lipinski definition) is 6. The SMILES string of the molecule is Cn1c(SCC(=O)c2ccc([N+](=O)[O-])cc2)nc2c(c1=O)C1(CCCC1)Cc1ccccc1-2. The van der Waals surface area contributed by atoms with E-state index in [2.05, 4.69) is 6.07 Å². The van der Waals surface area contributed by atoms with E-state index in [1.54, 1.807) is 11.6 Å². The normalized spacial score (nSPS) is 15.8. The van der Waals surface area contributed by atoms with Gasteiger partial charge >= 0.3 is 0 Å². The lowest BCUT2D eigenvalue weighted by atomic mass is 9.68. The Morgan fingerprint density at radius 3 is 2.55 bits per heavy atom. The minimum Gasteiger partial charge on any atom is -0.293 e. The van der Waals surface area contributed by atoms with Crippen LogP contribution in [0.5, 0.6) is 0 Å². The minimum atomic E-state index is -0.495. The summed E-state index contributed by atoms with van der Waals surface area (Å²) in [5, 5.41) is 11.3. The average molecular weight is 462 g/mol. The quantitative estimate of drug-likeness (QED) is 0.180. The van der Waals surface area contributed by atoms with E-state index in [0.717, 1.165) is 48.9 Å². The Bertz CT molecular complexity index is 1320. The maximum absolute atomic E-state index is 13.6. The van der Waals surface area contributed by atoms with Crippen LogP contribution in [0.3, 0.4) is 0 Å². The molecule has 7 nitrogen and oxygen atoms in total. The van der Waals surface area contributed by atoms with Crippen molar-refractivity contribution in [1.29, 1.82) is 0 Å². The molecule has 0 atom stereocenters. The van der Waals surface area contributed by atoms with Crippen molar-refractivity contribution in [2.45, 2.75) is 42.7 Å². The number of nitro groups is 1. The van der Waals surface area contributed by atoms with Crippen LogP contribution in [-0.2, 0) is 18.9 Å². The van der Waals surface area contributed by atoms with Crippen LogP contribution >= 0.6 is 11.8 Å². The Morgan fingerprint density at radius 2 is 1.85 bits per heavy atom. The van der Waals surface area contributed by atoms with E-state index in [1.807, 2.05) is 18.2 Å². The van der Waals surface area contributed by atoms with Crippen LogP contribution in [-0.4, -0.2) is 26.0 Å². The summed E-state index contributed by atoms with van der Waals surface area (Å²) in [5.74, 6) is -0.0848. The third-order valence-electron chi connectivity index (χ3n) is 6.87. The summed E-state index contributed by atoms with van der Waals surface area (Å²) in [5.41, 5.74) is 3.98. The first kappa shape index (κ1) is 21.6. The summed E-state index contributed by atoms with van der Waals surface area (Å²) in [6.45, 7) is 0. The Morgan fingerprint density at radius 1 is 1.15 bits per heavy atom. The highest BCUT2D eigenvalue weighted by Crippen LogP contribution is 2.49. The van der Waals surface area contributed by atoms with Gasteiger partial charge in [0.25, 0.3) is 11.2 Å². The van der Waals surface area contributed by atoms with E-state index in [-0.39, 0.29) is 28.2 Å². The molecule has 1 fully saturated rings. The summed E-state index contributed by atoms with van der Waals surface area (Å²) < 4.78 is 1.57. The number of benzene rings is 2. The maximum atomic E-state index is 13.6. The molecule has 2 aromatic carbocycles. The Kier molecular flexibility index (Phi) is 5.40. The number of aromatic nitrogens is 2. The molecule has 3 aromatic rings. The van der Waals surface area contributed by atoms with Crippen LogP contribution in [0.2, 0.25) is 0 Å².